The van der Waals surface area contributed by atoms with Crippen molar-refractivity contribution in [2.24, 2.45) is 0 Å². The first-order chi connectivity index (χ1) is 14.0. The van der Waals surface area contributed by atoms with Gasteiger partial charge in [-0.05, 0) is 49.6 Å². The SMILES string of the molecule is CCC(NC(=O)c1ccc(N2CCC(O)CC2)cc1)c1ccccc1OC(F)F. The molecule has 29 heavy (non-hydrogen) atoms. The van der Waals surface area contributed by atoms with E-state index in [9.17, 15) is 18.7 Å². The van der Waals surface area contributed by atoms with Crippen molar-refractivity contribution in [2.45, 2.75) is 44.9 Å². The normalized spacial score (nSPS) is 16.0. The number of rotatable bonds is 7. The van der Waals surface area contributed by atoms with Crippen LogP contribution in [0.5, 0.6) is 5.75 Å². The van der Waals surface area contributed by atoms with E-state index in [1.807, 2.05) is 19.1 Å². The number of piperidine rings is 1. The number of aliphatic hydroxyl groups is 1. The van der Waals surface area contributed by atoms with Crippen molar-refractivity contribution < 1.29 is 23.4 Å². The van der Waals surface area contributed by atoms with Crippen LogP contribution in [0.4, 0.5) is 14.5 Å². The molecule has 1 aliphatic heterocycles. The molecular weight excluding hydrogens is 378 g/mol. The summed E-state index contributed by atoms with van der Waals surface area (Å²) < 4.78 is 30.0. The van der Waals surface area contributed by atoms with Gasteiger partial charge in [-0.3, -0.25) is 4.79 Å². The minimum Gasteiger partial charge on any atom is -0.434 e. The third kappa shape index (κ3) is 5.44. The van der Waals surface area contributed by atoms with Crippen LogP contribution in [0.3, 0.4) is 0 Å². The highest BCUT2D eigenvalue weighted by Crippen LogP contribution is 2.29. The number of ether oxygens (including phenoxy) is 1. The summed E-state index contributed by atoms with van der Waals surface area (Å²) in [5.41, 5.74) is 2.03. The summed E-state index contributed by atoms with van der Waals surface area (Å²) in [4.78, 5) is 14.9. The van der Waals surface area contributed by atoms with Crippen molar-refractivity contribution in [1.29, 1.82) is 0 Å². The zero-order valence-corrected chi connectivity index (χ0v) is 16.4. The summed E-state index contributed by atoms with van der Waals surface area (Å²) in [6.45, 7) is 0.516. The molecule has 0 bridgehead atoms. The lowest BCUT2D eigenvalue weighted by Gasteiger charge is -2.31. The summed E-state index contributed by atoms with van der Waals surface area (Å²) in [6, 6.07) is 13.3. The van der Waals surface area contributed by atoms with Gasteiger partial charge in [0.1, 0.15) is 5.75 Å². The zero-order chi connectivity index (χ0) is 20.8. The lowest BCUT2D eigenvalue weighted by Crippen LogP contribution is -2.35. The number of benzene rings is 2. The van der Waals surface area contributed by atoms with Gasteiger partial charge < -0.3 is 20.1 Å². The predicted molar refractivity (Wildman–Crippen MR) is 107 cm³/mol. The largest absolute Gasteiger partial charge is 0.434 e. The number of alkyl halides is 2. The molecular formula is C22H26F2N2O3. The fourth-order valence-electron chi connectivity index (χ4n) is 3.56. The number of para-hydroxylation sites is 1. The molecule has 2 N–H and O–H groups in total. The van der Waals surface area contributed by atoms with E-state index >= 15 is 0 Å². The Balaban J connectivity index is 1.69. The second-order valence-corrected chi connectivity index (χ2v) is 7.12. The van der Waals surface area contributed by atoms with Crippen LogP contribution in [0, 0.1) is 0 Å². The first kappa shape index (κ1) is 21.0. The molecule has 0 spiro atoms. The first-order valence-corrected chi connectivity index (χ1v) is 9.85. The number of nitrogens with zero attached hydrogens (tertiary/aromatic N) is 1. The van der Waals surface area contributed by atoms with E-state index in [1.165, 1.54) is 6.07 Å². The number of hydrogen-bond acceptors (Lipinski definition) is 4. The Morgan fingerprint density at radius 3 is 2.45 bits per heavy atom. The van der Waals surface area contributed by atoms with E-state index in [0.29, 0.717) is 17.5 Å². The second-order valence-electron chi connectivity index (χ2n) is 7.12. The van der Waals surface area contributed by atoms with Crippen LogP contribution in [0.1, 0.15) is 48.1 Å². The molecule has 1 saturated heterocycles. The van der Waals surface area contributed by atoms with Crippen LogP contribution in [-0.2, 0) is 0 Å². The predicted octanol–water partition coefficient (Wildman–Crippen LogP) is 4.13. The summed E-state index contributed by atoms with van der Waals surface area (Å²) in [5, 5.41) is 12.5. The molecule has 0 aromatic heterocycles. The van der Waals surface area contributed by atoms with E-state index in [2.05, 4.69) is 15.0 Å². The molecule has 0 saturated carbocycles. The number of carbonyl (C=O) groups excluding carboxylic acids is 1. The van der Waals surface area contributed by atoms with Gasteiger partial charge >= 0.3 is 6.61 Å². The Morgan fingerprint density at radius 1 is 1.17 bits per heavy atom. The van der Waals surface area contributed by atoms with Crippen LogP contribution >= 0.6 is 0 Å². The van der Waals surface area contributed by atoms with Gasteiger partial charge in [0, 0.05) is 29.9 Å². The van der Waals surface area contributed by atoms with Gasteiger partial charge in [0.15, 0.2) is 0 Å². The molecule has 1 amide bonds. The highest BCUT2D eigenvalue weighted by atomic mass is 19.3. The minimum absolute atomic E-state index is 0.0669. The third-order valence-corrected chi connectivity index (χ3v) is 5.18. The molecule has 1 atom stereocenters. The maximum Gasteiger partial charge on any atom is 0.387 e. The maximum atomic E-state index is 12.7. The standard InChI is InChI=1S/C22H26F2N2O3/c1-2-19(18-5-3-4-6-20(18)29-22(23)24)25-21(28)15-7-9-16(10-8-15)26-13-11-17(27)12-14-26/h3-10,17,19,22,27H,2,11-14H2,1H3,(H,25,28). The average Bonchev–Trinajstić information content (AvgIpc) is 2.73. The molecule has 1 unspecified atom stereocenters. The van der Waals surface area contributed by atoms with E-state index in [1.54, 1.807) is 30.3 Å². The molecule has 1 heterocycles. The molecule has 1 fully saturated rings. The highest BCUT2D eigenvalue weighted by Gasteiger charge is 2.20. The molecule has 156 valence electrons. The van der Waals surface area contributed by atoms with Gasteiger partial charge in [-0.1, -0.05) is 25.1 Å². The Kier molecular flexibility index (Phi) is 7.04. The zero-order valence-electron chi connectivity index (χ0n) is 16.4. The van der Waals surface area contributed by atoms with Gasteiger partial charge in [0.25, 0.3) is 5.91 Å². The van der Waals surface area contributed by atoms with Crippen molar-refractivity contribution in [3.8, 4) is 5.75 Å². The van der Waals surface area contributed by atoms with Gasteiger partial charge in [-0.25, -0.2) is 0 Å². The summed E-state index contributed by atoms with van der Waals surface area (Å²) in [6.07, 6.45) is 1.77. The number of amides is 1. The monoisotopic (exact) mass is 404 g/mol. The molecule has 0 aliphatic carbocycles. The fraction of sp³-hybridized carbons (Fsp3) is 0.409. The fourth-order valence-corrected chi connectivity index (χ4v) is 3.56. The maximum absolute atomic E-state index is 12.7. The summed E-state index contributed by atoms with van der Waals surface area (Å²) in [5.74, 6) is -0.207. The Labute approximate surface area is 169 Å². The van der Waals surface area contributed by atoms with Gasteiger partial charge in [0.05, 0.1) is 12.1 Å². The van der Waals surface area contributed by atoms with E-state index in [-0.39, 0.29) is 17.8 Å². The molecule has 0 radical (unpaired) electrons. The molecule has 3 rings (SSSR count). The van der Waals surface area contributed by atoms with Crippen LogP contribution < -0.4 is 15.0 Å². The van der Waals surface area contributed by atoms with Crippen LogP contribution in [-0.4, -0.2) is 36.8 Å². The van der Waals surface area contributed by atoms with Gasteiger partial charge in [-0.2, -0.15) is 8.78 Å². The van der Waals surface area contributed by atoms with Crippen LogP contribution in [0.25, 0.3) is 0 Å². The molecule has 1 aliphatic rings. The Hall–Kier alpha value is -2.67. The van der Waals surface area contributed by atoms with Crippen molar-refractivity contribution in [1.82, 2.24) is 5.32 Å². The molecule has 5 nitrogen and oxygen atoms in total. The van der Waals surface area contributed by atoms with E-state index < -0.39 is 12.7 Å². The number of halogens is 2. The lowest BCUT2D eigenvalue weighted by molar-refractivity contribution is -0.0506. The van der Waals surface area contributed by atoms with Crippen molar-refractivity contribution in [3.05, 3.63) is 59.7 Å². The number of hydrogen-bond donors (Lipinski definition) is 2. The van der Waals surface area contributed by atoms with Crippen LogP contribution in [0.2, 0.25) is 0 Å². The second kappa shape index (κ2) is 9.69. The van der Waals surface area contributed by atoms with Gasteiger partial charge in [-0.15, -0.1) is 0 Å². The first-order valence-electron chi connectivity index (χ1n) is 9.85. The number of carbonyl (C=O) groups is 1. The van der Waals surface area contributed by atoms with Crippen LogP contribution in [0.15, 0.2) is 48.5 Å². The highest BCUT2D eigenvalue weighted by molar-refractivity contribution is 5.94. The topological polar surface area (TPSA) is 61.8 Å². The Morgan fingerprint density at radius 2 is 1.83 bits per heavy atom. The summed E-state index contributed by atoms with van der Waals surface area (Å²) >= 11 is 0. The van der Waals surface area contributed by atoms with Gasteiger partial charge in [0.2, 0.25) is 0 Å². The summed E-state index contributed by atoms with van der Waals surface area (Å²) in [7, 11) is 0. The number of aliphatic hydroxyl groups excluding tert-OH is 1. The quantitative estimate of drug-likeness (QED) is 0.729. The molecule has 2 aromatic carbocycles. The number of nitrogens with one attached hydrogen (secondary N) is 1. The Bertz CT molecular complexity index is 806. The third-order valence-electron chi connectivity index (χ3n) is 5.18. The lowest BCUT2D eigenvalue weighted by atomic mass is 10.0. The van der Waals surface area contributed by atoms with E-state index in [4.69, 9.17) is 0 Å². The molecule has 7 heteroatoms. The molecule has 2 aromatic rings. The smallest absolute Gasteiger partial charge is 0.387 e. The average molecular weight is 404 g/mol. The number of anilines is 1. The van der Waals surface area contributed by atoms with Crippen molar-refractivity contribution >= 4 is 11.6 Å². The van der Waals surface area contributed by atoms with Crippen molar-refractivity contribution in [3.63, 3.8) is 0 Å². The minimum atomic E-state index is -2.92. The van der Waals surface area contributed by atoms with E-state index in [0.717, 1.165) is 31.6 Å². The van der Waals surface area contributed by atoms with Crippen molar-refractivity contribution in [2.75, 3.05) is 18.0 Å².